The van der Waals surface area contributed by atoms with E-state index in [-0.39, 0.29) is 0 Å². The molecule has 31 heavy (non-hydrogen) atoms. The lowest BCUT2D eigenvalue weighted by Gasteiger charge is -2.43. The van der Waals surface area contributed by atoms with Crippen molar-refractivity contribution in [1.82, 2.24) is 0 Å². The number of ether oxygens (including phenoxy) is 3. The van der Waals surface area contributed by atoms with Gasteiger partial charge in [0, 0.05) is 34.2 Å². The van der Waals surface area contributed by atoms with E-state index in [0.717, 1.165) is 0 Å². The van der Waals surface area contributed by atoms with E-state index in [1.807, 2.05) is 0 Å². The van der Waals surface area contributed by atoms with Gasteiger partial charge in [0.1, 0.15) is 16.9 Å². The van der Waals surface area contributed by atoms with Gasteiger partial charge in [-0.25, -0.2) is 14.4 Å². The Morgan fingerprint density at radius 2 is 1.61 bits per heavy atom. The molecule has 3 rings (SSSR count). The average Bonchev–Trinajstić information content (AvgIpc) is 2.73. The minimum atomic E-state index is -1.03. The lowest BCUT2D eigenvalue weighted by Crippen LogP contribution is -2.52. The highest BCUT2D eigenvalue weighted by atomic mass is 16.6. The summed E-state index contributed by atoms with van der Waals surface area (Å²) in [6.45, 7) is 10.3. The van der Waals surface area contributed by atoms with Crippen LogP contribution in [0.1, 0.15) is 53.2 Å². The van der Waals surface area contributed by atoms with E-state index in [2.05, 4.69) is 0 Å². The van der Waals surface area contributed by atoms with Crippen LogP contribution in [0.5, 0.6) is 5.75 Å². The number of rotatable bonds is 4. The Morgan fingerprint density at radius 3 is 2.23 bits per heavy atom. The van der Waals surface area contributed by atoms with Gasteiger partial charge in [-0.05, 0) is 53.7 Å². The first-order chi connectivity index (χ1) is 14.6. The fourth-order valence-corrected chi connectivity index (χ4v) is 3.28. The van der Waals surface area contributed by atoms with E-state index in [4.69, 9.17) is 18.6 Å². The molecule has 0 unspecified atom stereocenters. The first-order valence-electron chi connectivity index (χ1n) is 10.0. The smallest absolute Gasteiger partial charge is 0.336 e. The maximum atomic E-state index is 12.6. The first-order valence-corrected chi connectivity index (χ1v) is 10.0. The summed E-state index contributed by atoms with van der Waals surface area (Å²) in [4.78, 5) is 36.8. The van der Waals surface area contributed by atoms with Crippen LogP contribution in [0, 0.1) is 0 Å². The molecule has 0 saturated carbocycles. The van der Waals surface area contributed by atoms with Gasteiger partial charge in [0.05, 0.1) is 0 Å². The molecule has 0 aliphatic carbocycles. The number of hydrogen-bond donors (Lipinski definition) is 0. The summed E-state index contributed by atoms with van der Waals surface area (Å²) in [5.41, 5.74) is 0.200. The highest BCUT2D eigenvalue weighted by molar-refractivity contribution is 5.89. The van der Waals surface area contributed by atoms with Crippen molar-refractivity contribution in [1.29, 1.82) is 0 Å². The molecule has 0 amide bonds. The number of fused-ring (bicyclic) bond motifs is 2. The quantitative estimate of drug-likeness (QED) is 0.407. The Balaban J connectivity index is 2.16. The fraction of sp³-hybridized carbons (Fsp3) is 0.375. The van der Waals surface area contributed by atoms with E-state index in [1.54, 1.807) is 71.9 Å². The molecular formula is C24H26O7. The molecule has 0 spiro atoms. The zero-order chi connectivity index (χ0) is 22.9. The topological polar surface area (TPSA) is 92.0 Å². The van der Waals surface area contributed by atoms with E-state index in [9.17, 15) is 14.4 Å². The van der Waals surface area contributed by atoms with E-state index in [1.165, 1.54) is 6.07 Å². The van der Waals surface area contributed by atoms with Crippen LogP contribution in [-0.4, -0.2) is 23.6 Å². The van der Waals surface area contributed by atoms with Crippen LogP contribution in [0.25, 0.3) is 11.0 Å². The number of carbonyl (C=O) groups excluding carboxylic acids is 2. The Kier molecular flexibility index (Phi) is 6.06. The zero-order valence-corrected chi connectivity index (χ0v) is 18.5. The van der Waals surface area contributed by atoms with Crippen molar-refractivity contribution in [2.45, 2.75) is 59.4 Å². The molecule has 0 radical (unpaired) electrons. The predicted molar refractivity (Wildman–Crippen MR) is 115 cm³/mol. The van der Waals surface area contributed by atoms with Gasteiger partial charge < -0.3 is 18.6 Å². The molecule has 2 heterocycles. The average molecular weight is 426 g/mol. The summed E-state index contributed by atoms with van der Waals surface area (Å²) in [7, 11) is 0. The van der Waals surface area contributed by atoms with Crippen molar-refractivity contribution in [3.05, 3.63) is 63.5 Å². The van der Waals surface area contributed by atoms with Gasteiger partial charge in [-0.2, -0.15) is 0 Å². The van der Waals surface area contributed by atoms with Gasteiger partial charge in [0.15, 0.2) is 12.2 Å². The van der Waals surface area contributed by atoms with E-state index >= 15 is 0 Å². The summed E-state index contributed by atoms with van der Waals surface area (Å²) < 4.78 is 23.0. The van der Waals surface area contributed by atoms with Crippen molar-refractivity contribution in [3.63, 3.8) is 0 Å². The van der Waals surface area contributed by atoms with Crippen LogP contribution in [0.2, 0.25) is 0 Å². The third-order valence-electron chi connectivity index (χ3n) is 5.37. The van der Waals surface area contributed by atoms with Crippen molar-refractivity contribution >= 4 is 22.9 Å². The second-order valence-corrected chi connectivity index (χ2v) is 7.98. The third-order valence-corrected chi connectivity index (χ3v) is 5.37. The van der Waals surface area contributed by atoms with Crippen LogP contribution in [0.3, 0.4) is 0 Å². The molecule has 0 N–H and O–H groups in total. The molecule has 1 aromatic heterocycles. The molecule has 7 nitrogen and oxygen atoms in total. The summed E-state index contributed by atoms with van der Waals surface area (Å²) in [5.74, 6) is -0.666. The Morgan fingerprint density at radius 1 is 1.00 bits per heavy atom. The zero-order valence-electron chi connectivity index (χ0n) is 18.5. The fourth-order valence-electron chi connectivity index (χ4n) is 3.28. The normalized spacial score (nSPS) is 20.6. The van der Waals surface area contributed by atoms with E-state index in [0.29, 0.717) is 33.4 Å². The maximum Gasteiger partial charge on any atom is 0.336 e. The van der Waals surface area contributed by atoms with Crippen molar-refractivity contribution in [2.24, 2.45) is 0 Å². The largest absolute Gasteiger partial charge is 0.483 e. The Labute approximate surface area is 180 Å². The highest BCUT2D eigenvalue weighted by Crippen LogP contribution is 2.45. The van der Waals surface area contributed by atoms with Gasteiger partial charge in [-0.15, -0.1) is 0 Å². The molecule has 1 aliphatic rings. The summed E-state index contributed by atoms with van der Waals surface area (Å²) >= 11 is 0. The van der Waals surface area contributed by atoms with Gasteiger partial charge in [-0.3, -0.25) is 0 Å². The first kappa shape index (κ1) is 22.3. The van der Waals surface area contributed by atoms with E-state index < -0.39 is 35.4 Å². The van der Waals surface area contributed by atoms with Crippen LogP contribution in [0.4, 0.5) is 0 Å². The second-order valence-electron chi connectivity index (χ2n) is 7.98. The van der Waals surface area contributed by atoms with Crippen LogP contribution >= 0.6 is 0 Å². The van der Waals surface area contributed by atoms with Crippen LogP contribution in [-0.2, 0) is 19.1 Å². The SMILES string of the molecule is C/C=C(/C)C(=O)O[C@@H]1c2cc3ccc(=O)oc3cc2OC(C)(C)[C@@H]1OC(=O)/C(C)=C\C. The molecule has 1 aliphatic heterocycles. The highest BCUT2D eigenvalue weighted by Gasteiger charge is 2.49. The molecule has 0 fully saturated rings. The number of benzene rings is 1. The van der Waals surface area contributed by atoms with Crippen LogP contribution in [0.15, 0.2) is 56.8 Å². The third kappa shape index (κ3) is 4.40. The van der Waals surface area contributed by atoms with Gasteiger partial charge in [-0.1, -0.05) is 12.2 Å². The summed E-state index contributed by atoms with van der Waals surface area (Å²) in [5, 5.41) is 0.625. The predicted octanol–water partition coefficient (Wildman–Crippen LogP) is 4.39. The molecular weight excluding hydrogens is 400 g/mol. The molecule has 0 saturated heterocycles. The monoisotopic (exact) mass is 426 g/mol. The molecule has 164 valence electrons. The Hall–Kier alpha value is -3.35. The molecule has 7 heteroatoms. The molecule has 2 aromatic rings. The minimum Gasteiger partial charge on any atom is -0.483 e. The number of allylic oxidation sites excluding steroid dienone is 2. The van der Waals surface area contributed by atoms with Crippen molar-refractivity contribution in [2.75, 3.05) is 0 Å². The minimum absolute atomic E-state index is 0.344. The summed E-state index contributed by atoms with van der Waals surface area (Å²) in [6.07, 6.45) is 1.46. The van der Waals surface area contributed by atoms with Crippen LogP contribution < -0.4 is 10.4 Å². The summed E-state index contributed by atoms with van der Waals surface area (Å²) in [6, 6.07) is 6.23. The second kappa shape index (κ2) is 8.41. The van der Waals surface area contributed by atoms with Gasteiger partial charge >= 0.3 is 17.6 Å². The standard InChI is InChI=1S/C24H26O7/c1-7-13(3)22(26)29-20-16-11-15-9-10-19(25)28-17(15)12-18(16)31-24(5,6)21(20)30-23(27)14(4)8-2/h7-12,20-21H,1-6H3/b13-7-,14-8-/t20-,21-/m1/s1. The van der Waals surface area contributed by atoms with Gasteiger partial charge in [0.25, 0.3) is 0 Å². The van der Waals surface area contributed by atoms with Gasteiger partial charge in [0.2, 0.25) is 0 Å². The molecule has 0 bridgehead atoms. The molecule has 1 aromatic carbocycles. The van der Waals surface area contributed by atoms with Crippen molar-refractivity contribution < 1.29 is 28.2 Å². The number of esters is 2. The number of hydrogen-bond acceptors (Lipinski definition) is 7. The molecule has 2 atom stereocenters. The maximum absolute atomic E-state index is 12.6. The Bertz CT molecular complexity index is 1150. The number of carbonyl (C=O) groups is 2. The van der Waals surface area contributed by atoms with Crippen molar-refractivity contribution in [3.8, 4) is 5.75 Å². The lowest BCUT2D eigenvalue weighted by atomic mass is 9.87. The lowest BCUT2D eigenvalue weighted by molar-refractivity contribution is -0.185.